The molecule has 1 saturated carbocycles. The predicted octanol–water partition coefficient (Wildman–Crippen LogP) is 1.11. The van der Waals surface area contributed by atoms with Crippen LogP contribution in [0.5, 0.6) is 0 Å². The fourth-order valence-electron chi connectivity index (χ4n) is 2.14. The molecule has 0 radical (unpaired) electrons. The van der Waals surface area contributed by atoms with E-state index in [1.807, 2.05) is 6.92 Å². The number of nitrogens with zero attached hydrogens (tertiary/aromatic N) is 1. The smallest absolute Gasteiger partial charge is 0.270 e. The number of rotatable bonds is 5. The first kappa shape index (κ1) is 15.5. The van der Waals surface area contributed by atoms with Crippen LogP contribution < -0.4 is 5.32 Å². The lowest BCUT2D eigenvalue weighted by atomic mass is 9.89. The van der Waals surface area contributed by atoms with Crippen molar-refractivity contribution in [1.29, 1.82) is 0 Å². The number of aliphatic hydroxyl groups excluding tert-OH is 1. The Labute approximate surface area is 124 Å². The standard InChI is InChI=1S/C16H20N2O3/c1-2-21-14-9-13(10-14)18-16(20)15-7-6-12(11-17-15)5-3-4-8-19/h6-7,11,13-14,19H,2,4,8-10H2,1H3,(H,18,20). The summed E-state index contributed by atoms with van der Waals surface area (Å²) in [5.41, 5.74) is 1.13. The lowest BCUT2D eigenvalue weighted by Gasteiger charge is -2.35. The van der Waals surface area contributed by atoms with Crippen molar-refractivity contribution in [3.63, 3.8) is 0 Å². The van der Waals surface area contributed by atoms with E-state index in [-0.39, 0.29) is 24.7 Å². The van der Waals surface area contributed by atoms with Gasteiger partial charge in [-0.1, -0.05) is 11.8 Å². The number of aromatic nitrogens is 1. The quantitative estimate of drug-likeness (QED) is 0.796. The Morgan fingerprint density at radius 2 is 2.33 bits per heavy atom. The largest absolute Gasteiger partial charge is 0.395 e. The second kappa shape index (κ2) is 7.77. The Balaban J connectivity index is 1.82. The molecule has 1 aliphatic rings. The molecule has 1 aliphatic carbocycles. The van der Waals surface area contributed by atoms with E-state index in [9.17, 15) is 4.79 Å². The van der Waals surface area contributed by atoms with Gasteiger partial charge >= 0.3 is 0 Å². The van der Waals surface area contributed by atoms with Crippen molar-refractivity contribution in [3.8, 4) is 11.8 Å². The highest BCUT2D eigenvalue weighted by molar-refractivity contribution is 5.92. The molecule has 0 aromatic carbocycles. The lowest BCUT2D eigenvalue weighted by molar-refractivity contribution is -0.00867. The van der Waals surface area contributed by atoms with E-state index in [1.165, 1.54) is 0 Å². The minimum absolute atomic E-state index is 0.0467. The summed E-state index contributed by atoms with van der Waals surface area (Å²) in [4.78, 5) is 16.1. The first-order valence-corrected chi connectivity index (χ1v) is 7.21. The Bertz CT molecular complexity index is 525. The molecular formula is C16H20N2O3. The maximum Gasteiger partial charge on any atom is 0.270 e. The molecule has 112 valence electrons. The van der Waals surface area contributed by atoms with Gasteiger partial charge in [0.05, 0.1) is 12.7 Å². The first-order valence-electron chi connectivity index (χ1n) is 7.21. The van der Waals surface area contributed by atoms with Gasteiger partial charge in [-0.05, 0) is 31.9 Å². The molecule has 0 unspecified atom stereocenters. The maximum absolute atomic E-state index is 12.0. The molecule has 1 aromatic heterocycles. The third-order valence-electron chi connectivity index (χ3n) is 3.30. The molecule has 0 saturated heterocycles. The van der Waals surface area contributed by atoms with Gasteiger partial charge in [-0.15, -0.1) is 0 Å². The molecule has 1 amide bonds. The number of hydrogen-bond donors (Lipinski definition) is 2. The van der Waals surface area contributed by atoms with E-state index in [0.717, 1.165) is 18.4 Å². The molecule has 5 nitrogen and oxygen atoms in total. The van der Waals surface area contributed by atoms with Gasteiger partial charge in [0.25, 0.3) is 5.91 Å². The molecule has 5 heteroatoms. The van der Waals surface area contributed by atoms with Crippen LogP contribution in [0.1, 0.15) is 42.2 Å². The van der Waals surface area contributed by atoms with Crippen molar-refractivity contribution in [2.45, 2.75) is 38.3 Å². The summed E-state index contributed by atoms with van der Waals surface area (Å²) in [7, 11) is 0. The molecule has 1 heterocycles. The van der Waals surface area contributed by atoms with Gasteiger partial charge in [0.15, 0.2) is 0 Å². The lowest BCUT2D eigenvalue weighted by Crippen LogP contribution is -2.48. The van der Waals surface area contributed by atoms with Crippen molar-refractivity contribution in [2.75, 3.05) is 13.2 Å². The van der Waals surface area contributed by atoms with E-state index in [2.05, 4.69) is 22.1 Å². The molecule has 0 bridgehead atoms. The van der Waals surface area contributed by atoms with Crippen LogP contribution in [0.3, 0.4) is 0 Å². The molecule has 1 aromatic rings. The number of hydrogen-bond acceptors (Lipinski definition) is 4. The van der Waals surface area contributed by atoms with Crippen LogP contribution in [0.4, 0.5) is 0 Å². The van der Waals surface area contributed by atoms with Gasteiger partial charge in [0.2, 0.25) is 0 Å². The van der Waals surface area contributed by atoms with Crippen molar-refractivity contribution in [2.24, 2.45) is 0 Å². The Hall–Kier alpha value is -1.90. The normalized spacial score (nSPS) is 20.1. The second-order valence-electron chi connectivity index (χ2n) is 4.93. The fourth-order valence-corrected chi connectivity index (χ4v) is 2.14. The second-order valence-corrected chi connectivity index (χ2v) is 4.93. The molecular weight excluding hydrogens is 268 g/mol. The summed E-state index contributed by atoms with van der Waals surface area (Å²) >= 11 is 0. The fraction of sp³-hybridized carbons (Fsp3) is 0.500. The van der Waals surface area contributed by atoms with Crippen LogP contribution in [-0.4, -0.2) is 41.4 Å². The zero-order valence-electron chi connectivity index (χ0n) is 12.1. The van der Waals surface area contributed by atoms with Crippen LogP contribution >= 0.6 is 0 Å². The van der Waals surface area contributed by atoms with Crippen molar-refractivity contribution in [1.82, 2.24) is 10.3 Å². The molecule has 0 spiro atoms. The van der Waals surface area contributed by atoms with Crippen molar-refractivity contribution < 1.29 is 14.6 Å². The van der Waals surface area contributed by atoms with E-state index >= 15 is 0 Å². The highest BCUT2D eigenvalue weighted by atomic mass is 16.5. The molecule has 0 aliphatic heterocycles. The van der Waals surface area contributed by atoms with Gasteiger partial charge < -0.3 is 15.2 Å². The number of nitrogens with one attached hydrogen (secondary N) is 1. The third-order valence-corrected chi connectivity index (χ3v) is 3.30. The number of ether oxygens (including phenoxy) is 1. The average molecular weight is 288 g/mol. The minimum atomic E-state index is -0.162. The maximum atomic E-state index is 12.0. The Morgan fingerprint density at radius 3 is 2.95 bits per heavy atom. The van der Waals surface area contributed by atoms with E-state index in [0.29, 0.717) is 18.7 Å². The van der Waals surface area contributed by atoms with Crippen LogP contribution in [0.25, 0.3) is 0 Å². The van der Waals surface area contributed by atoms with Crippen molar-refractivity contribution in [3.05, 3.63) is 29.6 Å². The Kier molecular flexibility index (Phi) is 5.73. The number of pyridine rings is 1. The summed E-state index contributed by atoms with van der Waals surface area (Å²) in [5.74, 6) is 5.52. The summed E-state index contributed by atoms with van der Waals surface area (Å²) in [6.45, 7) is 2.73. The van der Waals surface area contributed by atoms with Gasteiger partial charge in [0, 0.05) is 30.8 Å². The van der Waals surface area contributed by atoms with Gasteiger partial charge in [-0.25, -0.2) is 4.98 Å². The molecule has 2 N–H and O–H groups in total. The molecule has 21 heavy (non-hydrogen) atoms. The predicted molar refractivity (Wildman–Crippen MR) is 78.7 cm³/mol. The summed E-state index contributed by atoms with van der Waals surface area (Å²) in [6.07, 6.45) is 4.01. The van der Waals surface area contributed by atoms with Crippen LogP contribution in [0, 0.1) is 11.8 Å². The van der Waals surface area contributed by atoms with Crippen LogP contribution in [0.15, 0.2) is 18.3 Å². The van der Waals surface area contributed by atoms with E-state index in [1.54, 1.807) is 18.3 Å². The van der Waals surface area contributed by atoms with Crippen LogP contribution in [0.2, 0.25) is 0 Å². The van der Waals surface area contributed by atoms with Crippen molar-refractivity contribution >= 4 is 5.91 Å². The number of carbonyl (C=O) groups excluding carboxylic acids is 1. The zero-order chi connectivity index (χ0) is 15.1. The number of amides is 1. The monoisotopic (exact) mass is 288 g/mol. The van der Waals surface area contributed by atoms with Gasteiger partial charge in [-0.3, -0.25) is 4.79 Å². The number of carbonyl (C=O) groups is 1. The Morgan fingerprint density at radius 1 is 1.52 bits per heavy atom. The molecule has 1 fully saturated rings. The first-order chi connectivity index (χ1) is 10.2. The van der Waals surface area contributed by atoms with E-state index < -0.39 is 0 Å². The topological polar surface area (TPSA) is 71.5 Å². The average Bonchev–Trinajstić information content (AvgIpc) is 2.46. The van der Waals surface area contributed by atoms with Crippen LogP contribution in [-0.2, 0) is 4.74 Å². The van der Waals surface area contributed by atoms with E-state index in [4.69, 9.17) is 9.84 Å². The summed E-state index contributed by atoms with van der Waals surface area (Å²) in [5, 5.41) is 11.6. The number of aliphatic hydroxyl groups is 1. The SMILES string of the molecule is CCOC1CC(NC(=O)c2ccc(C#CCCO)cn2)C1. The highest BCUT2D eigenvalue weighted by Crippen LogP contribution is 2.23. The third kappa shape index (κ3) is 4.55. The molecule has 2 rings (SSSR count). The molecule has 0 atom stereocenters. The minimum Gasteiger partial charge on any atom is -0.395 e. The summed E-state index contributed by atoms with van der Waals surface area (Å²) in [6, 6.07) is 3.60. The zero-order valence-corrected chi connectivity index (χ0v) is 12.1. The van der Waals surface area contributed by atoms with Gasteiger partial charge in [0.1, 0.15) is 5.69 Å². The highest BCUT2D eigenvalue weighted by Gasteiger charge is 2.30. The van der Waals surface area contributed by atoms with Gasteiger partial charge in [-0.2, -0.15) is 0 Å². The summed E-state index contributed by atoms with van der Waals surface area (Å²) < 4.78 is 5.46.